The normalized spacial score (nSPS) is 12.6. The Morgan fingerprint density at radius 2 is 1.00 bits per heavy atom. The van der Waals surface area contributed by atoms with Crippen molar-refractivity contribution in [3.05, 3.63) is 106 Å². The van der Waals surface area contributed by atoms with Gasteiger partial charge in [-0.25, -0.2) is 23.3 Å². The minimum atomic E-state index is 0. The second-order valence-electron chi connectivity index (χ2n) is 7.78. The predicted molar refractivity (Wildman–Crippen MR) is 146 cm³/mol. The number of unbranched alkanes of at least 4 members (excludes halogenated alkanes) is 2. The molecule has 0 radical (unpaired) electrons. The van der Waals surface area contributed by atoms with Crippen molar-refractivity contribution in [2.24, 2.45) is 0 Å². The van der Waals surface area contributed by atoms with E-state index >= 15 is 0 Å². The number of hydrogen-bond acceptors (Lipinski definition) is 2. The standard InChI is InChI=1S/2C9H13.2C6H5ClO.Zr/c2*1-2-3-6-9-7-4-5-8-9;2*7-5-1-3-6(8)4-2-5;/h2*4,7H,2-3,5-6H2,1H3;2*1-4,8H;/q2*-1;;;+2. The summed E-state index contributed by atoms with van der Waals surface area (Å²) in [5.41, 5.74) is 2.83. The average Bonchev–Trinajstić information content (AvgIpc) is 3.56. The summed E-state index contributed by atoms with van der Waals surface area (Å²) in [5.74, 6) is 0.490. The van der Waals surface area contributed by atoms with Crippen LogP contribution in [0.15, 0.2) is 84.0 Å². The summed E-state index contributed by atoms with van der Waals surface area (Å²) >= 11 is 11.0. The van der Waals surface area contributed by atoms with Crippen LogP contribution in [0.2, 0.25) is 10.0 Å². The van der Waals surface area contributed by atoms with Crippen molar-refractivity contribution in [3.63, 3.8) is 0 Å². The second-order valence-corrected chi connectivity index (χ2v) is 8.65. The fourth-order valence-electron chi connectivity index (χ4n) is 2.86. The van der Waals surface area contributed by atoms with E-state index in [2.05, 4.69) is 50.3 Å². The van der Waals surface area contributed by atoms with Crippen LogP contribution >= 0.6 is 23.2 Å². The number of phenols is 2. The molecule has 0 bridgehead atoms. The van der Waals surface area contributed by atoms with Crippen LogP contribution < -0.4 is 0 Å². The summed E-state index contributed by atoms with van der Waals surface area (Å²) in [6.45, 7) is 4.44. The van der Waals surface area contributed by atoms with E-state index in [9.17, 15) is 0 Å². The van der Waals surface area contributed by atoms with Crippen LogP contribution in [0.3, 0.4) is 0 Å². The molecule has 0 saturated carbocycles. The van der Waals surface area contributed by atoms with Crippen LogP contribution in [0.25, 0.3) is 0 Å². The van der Waals surface area contributed by atoms with E-state index in [4.69, 9.17) is 33.4 Å². The quantitative estimate of drug-likeness (QED) is 0.329. The Balaban J connectivity index is 0.000000437. The van der Waals surface area contributed by atoms with Crippen molar-refractivity contribution in [1.29, 1.82) is 0 Å². The summed E-state index contributed by atoms with van der Waals surface area (Å²) in [4.78, 5) is 0. The van der Waals surface area contributed by atoms with Gasteiger partial charge in [-0.15, -0.1) is 12.8 Å². The zero-order valence-electron chi connectivity index (χ0n) is 20.7. The maximum atomic E-state index is 8.70. The number of hydrogen-bond donors (Lipinski definition) is 2. The van der Waals surface area contributed by atoms with Crippen molar-refractivity contribution in [2.45, 2.75) is 65.2 Å². The number of allylic oxidation sites excluding steroid dienone is 8. The summed E-state index contributed by atoms with van der Waals surface area (Å²) in [7, 11) is 0. The number of rotatable bonds is 6. The molecular formula is C30H36Cl2O2Zr. The first-order chi connectivity index (χ1) is 16.4. The van der Waals surface area contributed by atoms with E-state index in [0.717, 1.165) is 12.8 Å². The number of phenolic OH excluding ortho intramolecular Hbond substituents is 2. The molecule has 0 saturated heterocycles. The summed E-state index contributed by atoms with van der Waals surface area (Å²) in [6.07, 6.45) is 25.1. The van der Waals surface area contributed by atoms with Gasteiger partial charge < -0.3 is 10.2 Å². The number of benzene rings is 2. The Bertz CT molecular complexity index is 795. The van der Waals surface area contributed by atoms with Crippen LogP contribution in [0.4, 0.5) is 0 Å². The van der Waals surface area contributed by atoms with Gasteiger partial charge in [0.15, 0.2) is 0 Å². The van der Waals surface area contributed by atoms with Gasteiger partial charge >= 0.3 is 26.2 Å². The minimum Gasteiger partial charge on any atom is -0.508 e. The fourth-order valence-corrected chi connectivity index (χ4v) is 3.11. The molecule has 0 aromatic heterocycles. The molecule has 2 aromatic rings. The molecule has 0 heterocycles. The van der Waals surface area contributed by atoms with Gasteiger partial charge in [-0.3, -0.25) is 12.2 Å². The molecule has 0 fully saturated rings. The van der Waals surface area contributed by atoms with Gasteiger partial charge in [0, 0.05) is 10.0 Å². The van der Waals surface area contributed by atoms with Gasteiger partial charge in [0.25, 0.3) is 0 Å². The third-order valence-electron chi connectivity index (χ3n) is 4.78. The second kappa shape index (κ2) is 21.7. The molecule has 186 valence electrons. The number of halogens is 2. The Morgan fingerprint density at radius 1 is 0.657 bits per heavy atom. The van der Waals surface area contributed by atoms with Gasteiger partial charge in [0.05, 0.1) is 0 Å². The molecule has 2 aliphatic carbocycles. The Hall–Kier alpha value is -1.54. The van der Waals surface area contributed by atoms with Gasteiger partial charge in [-0.1, -0.05) is 75.6 Å². The third-order valence-corrected chi connectivity index (χ3v) is 5.29. The summed E-state index contributed by atoms with van der Waals surface area (Å²) in [6, 6.07) is 12.7. The molecule has 0 atom stereocenters. The SMILES string of the molecule is CCCCC1=[C-]CC=C1.CCCCC1=[C-]CC=C1.Oc1ccc(Cl)cc1.Oc1ccc(Cl)cc1.[Zr+2]. The topological polar surface area (TPSA) is 40.5 Å². The largest absolute Gasteiger partial charge is 2.00 e. The van der Waals surface area contributed by atoms with Crippen LogP contribution in [-0.2, 0) is 26.2 Å². The predicted octanol–water partition coefficient (Wildman–Crippen LogP) is 9.82. The van der Waals surface area contributed by atoms with Gasteiger partial charge in [0.2, 0.25) is 0 Å². The van der Waals surface area contributed by atoms with Gasteiger partial charge in [-0.2, -0.15) is 12.2 Å². The fraction of sp³-hybridized carbons (Fsp3) is 0.333. The Morgan fingerprint density at radius 3 is 1.23 bits per heavy atom. The zero-order valence-corrected chi connectivity index (χ0v) is 24.7. The molecule has 2 aliphatic rings. The first-order valence-corrected chi connectivity index (χ1v) is 12.6. The third kappa shape index (κ3) is 18.4. The molecule has 0 spiro atoms. The zero-order chi connectivity index (χ0) is 25.0. The molecule has 35 heavy (non-hydrogen) atoms. The summed E-state index contributed by atoms with van der Waals surface area (Å²) in [5, 5.41) is 18.7. The van der Waals surface area contributed by atoms with E-state index in [0.29, 0.717) is 10.0 Å². The van der Waals surface area contributed by atoms with E-state index in [-0.39, 0.29) is 37.7 Å². The van der Waals surface area contributed by atoms with Gasteiger partial charge in [0.1, 0.15) is 11.5 Å². The smallest absolute Gasteiger partial charge is 0.508 e. The van der Waals surface area contributed by atoms with Crippen LogP contribution in [0.1, 0.15) is 65.2 Å². The van der Waals surface area contributed by atoms with Crippen molar-refractivity contribution < 1.29 is 36.4 Å². The minimum absolute atomic E-state index is 0. The van der Waals surface area contributed by atoms with E-state index in [1.54, 1.807) is 48.5 Å². The van der Waals surface area contributed by atoms with Crippen molar-refractivity contribution in [1.82, 2.24) is 0 Å². The maximum Gasteiger partial charge on any atom is 2.00 e. The van der Waals surface area contributed by atoms with E-state index in [1.807, 2.05) is 0 Å². The van der Waals surface area contributed by atoms with Crippen LogP contribution in [0.5, 0.6) is 11.5 Å². The average molecular weight is 591 g/mol. The van der Waals surface area contributed by atoms with Crippen LogP contribution in [-0.4, -0.2) is 10.2 Å². The van der Waals surface area contributed by atoms with Crippen molar-refractivity contribution >= 4 is 23.2 Å². The molecule has 0 aliphatic heterocycles. The maximum absolute atomic E-state index is 8.70. The van der Waals surface area contributed by atoms with Gasteiger partial charge in [-0.05, 0) is 48.5 Å². The van der Waals surface area contributed by atoms with E-state index < -0.39 is 0 Å². The molecule has 5 heteroatoms. The first-order valence-electron chi connectivity index (χ1n) is 11.9. The van der Waals surface area contributed by atoms with Crippen molar-refractivity contribution in [2.75, 3.05) is 0 Å². The van der Waals surface area contributed by atoms with Crippen molar-refractivity contribution in [3.8, 4) is 11.5 Å². The first kappa shape index (κ1) is 33.5. The molecule has 2 aromatic carbocycles. The Labute approximate surface area is 241 Å². The summed E-state index contributed by atoms with van der Waals surface area (Å²) < 4.78 is 0. The molecule has 0 amide bonds. The molecular weight excluding hydrogens is 554 g/mol. The van der Waals surface area contributed by atoms with Crippen LogP contribution in [0, 0.1) is 12.2 Å². The molecule has 2 nitrogen and oxygen atoms in total. The Kier molecular flexibility index (Phi) is 20.8. The monoisotopic (exact) mass is 588 g/mol. The molecule has 4 rings (SSSR count). The van der Waals surface area contributed by atoms with E-state index in [1.165, 1.54) is 49.7 Å². The molecule has 2 N–H and O–H groups in total. The number of aromatic hydroxyl groups is 2. The molecule has 0 unspecified atom stereocenters.